The normalized spacial score (nSPS) is 20.9. The van der Waals surface area contributed by atoms with Gasteiger partial charge >= 0.3 is 0 Å². The molecule has 1 atom stereocenters. The Morgan fingerprint density at radius 2 is 2.35 bits per heavy atom. The van der Waals surface area contributed by atoms with Crippen LogP contribution in [0, 0.1) is 5.92 Å². The standard InChI is InChI=1S/C13H19ClN2O/c1-16-5-4-10(9-16)7-15-8-11-6-12(14)2-3-13(11)17/h2-3,6,10,15,17H,4-5,7-9H2,1H3. The van der Waals surface area contributed by atoms with E-state index in [1.54, 1.807) is 12.1 Å². The Kier molecular flexibility index (Phi) is 4.26. The zero-order valence-corrected chi connectivity index (χ0v) is 10.9. The highest BCUT2D eigenvalue weighted by molar-refractivity contribution is 6.30. The third-order valence-electron chi connectivity index (χ3n) is 3.28. The minimum atomic E-state index is 0.311. The highest BCUT2D eigenvalue weighted by atomic mass is 35.5. The van der Waals surface area contributed by atoms with Crippen molar-refractivity contribution in [2.24, 2.45) is 5.92 Å². The van der Waals surface area contributed by atoms with Gasteiger partial charge in [-0.15, -0.1) is 0 Å². The Hall–Kier alpha value is -0.770. The van der Waals surface area contributed by atoms with E-state index >= 15 is 0 Å². The molecule has 0 spiro atoms. The summed E-state index contributed by atoms with van der Waals surface area (Å²) in [5.41, 5.74) is 0.865. The second-order valence-corrected chi connectivity index (χ2v) is 5.26. The van der Waals surface area contributed by atoms with E-state index in [4.69, 9.17) is 11.6 Å². The number of hydrogen-bond acceptors (Lipinski definition) is 3. The van der Waals surface area contributed by atoms with Gasteiger partial charge in [0.2, 0.25) is 0 Å². The topological polar surface area (TPSA) is 35.5 Å². The lowest BCUT2D eigenvalue weighted by atomic mass is 10.1. The van der Waals surface area contributed by atoms with Gasteiger partial charge in [0.1, 0.15) is 5.75 Å². The molecule has 2 rings (SSSR count). The van der Waals surface area contributed by atoms with Crippen molar-refractivity contribution in [1.29, 1.82) is 0 Å². The summed E-state index contributed by atoms with van der Waals surface area (Å²) in [6, 6.07) is 5.15. The monoisotopic (exact) mass is 254 g/mol. The number of aromatic hydroxyl groups is 1. The van der Waals surface area contributed by atoms with Crippen LogP contribution in [0.3, 0.4) is 0 Å². The van der Waals surface area contributed by atoms with Gasteiger partial charge in [-0.05, 0) is 50.7 Å². The molecule has 1 unspecified atom stereocenters. The van der Waals surface area contributed by atoms with Crippen LogP contribution in [0.4, 0.5) is 0 Å². The van der Waals surface area contributed by atoms with Crippen molar-refractivity contribution < 1.29 is 5.11 Å². The van der Waals surface area contributed by atoms with E-state index in [1.165, 1.54) is 13.0 Å². The number of phenols is 1. The summed E-state index contributed by atoms with van der Waals surface area (Å²) in [5.74, 6) is 1.03. The van der Waals surface area contributed by atoms with Crippen LogP contribution in [0.2, 0.25) is 5.02 Å². The molecule has 1 aliphatic rings. The molecule has 0 aromatic heterocycles. The summed E-state index contributed by atoms with van der Waals surface area (Å²) >= 11 is 5.90. The molecular formula is C13H19ClN2O. The Balaban J connectivity index is 1.80. The number of likely N-dealkylation sites (tertiary alicyclic amines) is 1. The first-order chi connectivity index (χ1) is 8.15. The molecule has 94 valence electrons. The molecule has 0 saturated carbocycles. The lowest BCUT2D eigenvalue weighted by molar-refractivity contribution is 0.387. The van der Waals surface area contributed by atoms with Crippen molar-refractivity contribution in [3.8, 4) is 5.75 Å². The predicted octanol–water partition coefficient (Wildman–Crippen LogP) is 2.09. The Morgan fingerprint density at radius 1 is 1.53 bits per heavy atom. The minimum absolute atomic E-state index is 0.311. The van der Waals surface area contributed by atoms with Crippen molar-refractivity contribution in [2.45, 2.75) is 13.0 Å². The average molecular weight is 255 g/mol. The maximum absolute atomic E-state index is 9.66. The molecule has 0 radical (unpaired) electrons. The predicted molar refractivity (Wildman–Crippen MR) is 70.4 cm³/mol. The van der Waals surface area contributed by atoms with Crippen LogP contribution in [-0.2, 0) is 6.54 Å². The number of phenolic OH excluding ortho intramolecular Hbond substituents is 1. The summed E-state index contributed by atoms with van der Waals surface area (Å²) in [6.45, 7) is 4.02. The van der Waals surface area contributed by atoms with Crippen LogP contribution in [0.1, 0.15) is 12.0 Å². The number of nitrogens with one attached hydrogen (secondary N) is 1. The van der Waals surface area contributed by atoms with Crippen LogP contribution in [0.15, 0.2) is 18.2 Å². The van der Waals surface area contributed by atoms with Gasteiger partial charge in [0.15, 0.2) is 0 Å². The molecular weight excluding hydrogens is 236 g/mol. The fourth-order valence-corrected chi connectivity index (χ4v) is 2.49. The van der Waals surface area contributed by atoms with Gasteiger partial charge in [0, 0.05) is 23.7 Å². The molecule has 1 aliphatic heterocycles. The van der Waals surface area contributed by atoms with Crippen molar-refractivity contribution in [1.82, 2.24) is 10.2 Å². The molecule has 3 nitrogen and oxygen atoms in total. The van der Waals surface area contributed by atoms with Crippen LogP contribution in [0.5, 0.6) is 5.75 Å². The lowest BCUT2D eigenvalue weighted by Gasteiger charge is -2.12. The van der Waals surface area contributed by atoms with E-state index in [0.29, 0.717) is 17.3 Å². The second kappa shape index (κ2) is 5.71. The number of rotatable bonds is 4. The second-order valence-electron chi connectivity index (χ2n) is 4.82. The van der Waals surface area contributed by atoms with Gasteiger partial charge in [-0.25, -0.2) is 0 Å². The summed E-state index contributed by atoms with van der Waals surface area (Å²) in [5, 5.41) is 13.7. The summed E-state index contributed by atoms with van der Waals surface area (Å²) in [6.07, 6.45) is 1.25. The highest BCUT2D eigenvalue weighted by Crippen LogP contribution is 2.21. The zero-order valence-electron chi connectivity index (χ0n) is 10.1. The first-order valence-electron chi connectivity index (χ1n) is 6.02. The third kappa shape index (κ3) is 3.60. The minimum Gasteiger partial charge on any atom is -0.508 e. The fourth-order valence-electron chi connectivity index (χ4n) is 2.30. The van der Waals surface area contributed by atoms with Gasteiger partial charge < -0.3 is 15.3 Å². The van der Waals surface area contributed by atoms with Gasteiger partial charge in [0.05, 0.1) is 0 Å². The zero-order chi connectivity index (χ0) is 12.3. The molecule has 0 bridgehead atoms. The molecule has 2 N–H and O–H groups in total. The van der Waals surface area contributed by atoms with Crippen LogP contribution < -0.4 is 5.32 Å². The number of halogens is 1. The molecule has 4 heteroatoms. The number of nitrogens with zero attached hydrogens (tertiary/aromatic N) is 1. The number of hydrogen-bond donors (Lipinski definition) is 2. The average Bonchev–Trinajstić information content (AvgIpc) is 2.69. The van der Waals surface area contributed by atoms with E-state index in [1.807, 2.05) is 6.07 Å². The summed E-state index contributed by atoms with van der Waals surface area (Å²) < 4.78 is 0. The molecule has 1 saturated heterocycles. The largest absolute Gasteiger partial charge is 0.508 e. The number of benzene rings is 1. The Labute approximate surface area is 107 Å². The van der Waals surface area contributed by atoms with E-state index in [-0.39, 0.29) is 0 Å². The Morgan fingerprint density at radius 3 is 3.06 bits per heavy atom. The van der Waals surface area contributed by atoms with Gasteiger partial charge in [-0.1, -0.05) is 11.6 Å². The van der Waals surface area contributed by atoms with Crippen molar-refractivity contribution in [3.05, 3.63) is 28.8 Å². The molecule has 1 heterocycles. The molecule has 1 aromatic rings. The van der Waals surface area contributed by atoms with Crippen molar-refractivity contribution >= 4 is 11.6 Å². The molecule has 17 heavy (non-hydrogen) atoms. The molecule has 0 aliphatic carbocycles. The van der Waals surface area contributed by atoms with E-state index in [2.05, 4.69) is 17.3 Å². The smallest absolute Gasteiger partial charge is 0.120 e. The molecule has 0 amide bonds. The molecule has 1 aromatic carbocycles. The maximum atomic E-state index is 9.66. The SMILES string of the molecule is CN1CCC(CNCc2cc(Cl)ccc2O)C1. The highest BCUT2D eigenvalue weighted by Gasteiger charge is 2.18. The summed E-state index contributed by atoms with van der Waals surface area (Å²) in [4.78, 5) is 2.35. The van der Waals surface area contributed by atoms with Crippen molar-refractivity contribution in [3.63, 3.8) is 0 Å². The van der Waals surface area contributed by atoms with Crippen LogP contribution >= 0.6 is 11.6 Å². The van der Waals surface area contributed by atoms with E-state index < -0.39 is 0 Å². The van der Waals surface area contributed by atoms with Gasteiger partial charge in [0.25, 0.3) is 0 Å². The van der Waals surface area contributed by atoms with E-state index in [9.17, 15) is 5.11 Å². The van der Waals surface area contributed by atoms with Crippen molar-refractivity contribution in [2.75, 3.05) is 26.7 Å². The molecule has 1 fully saturated rings. The van der Waals surface area contributed by atoms with Crippen LogP contribution in [0.25, 0.3) is 0 Å². The Bertz CT molecular complexity index is 384. The first-order valence-corrected chi connectivity index (χ1v) is 6.39. The quantitative estimate of drug-likeness (QED) is 0.864. The third-order valence-corrected chi connectivity index (χ3v) is 3.51. The first kappa shape index (κ1) is 12.7. The van der Waals surface area contributed by atoms with Crippen LogP contribution in [-0.4, -0.2) is 36.7 Å². The van der Waals surface area contributed by atoms with E-state index in [0.717, 1.165) is 24.6 Å². The fraction of sp³-hybridized carbons (Fsp3) is 0.538. The maximum Gasteiger partial charge on any atom is 0.120 e. The van der Waals surface area contributed by atoms with Gasteiger partial charge in [-0.2, -0.15) is 0 Å². The summed E-state index contributed by atoms with van der Waals surface area (Å²) in [7, 11) is 2.16. The van der Waals surface area contributed by atoms with Gasteiger partial charge in [-0.3, -0.25) is 0 Å². The lowest BCUT2D eigenvalue weighted by Crippen LogP contribution is -2.24.